The van der Waals surface area contributed by atoms with Crippen LogP contribution in [0.3, 0.4) is 0 Å². The molecule has 2 amide bonds. The molecule has 6 N–H and O–H groups in total. The SMILES string of the molecule is CCNC(=O)c1sc(NC2CC2)c(C(N)=O)c1N. The number of amides is 2. The molecule has 0 unspecified atom stereocenters. The summed E-state index contributed by atoms with van der Waals surface area (Å²) < 4.78 is 0. The highest BCUT2D eigenvalue weighted by Gasteiger charge is 2.28. The van der Waals surface area contributed by atoms with Gasteiger partial charge in [-0.3, -0.25) is 9.59 Å². The second kappa shape index (κ2) is 4.85. The Hall–Kier alpha value is -1.76. The fourth-order valence-electron chi connectivity index (χ4n) is 1.61. The Kier molecular flexibility index (Phi) is 3.42. The standard InChI is InChI=1S/C11H16N4O2S/c1-2-14-10(17)8-7(12)6(9(13)16)11(18-8)15-5-3-4-5/h5,15H,2-4,12H2,1H3,(H2,13,16)(H,14,17). The summed E-state index contributed by atoms with van der Waals surface area (Å²) in [5, 5.41) is 6.45. The fourth-order valence-corrected chi connectivity index (χ4v) is 2.73. The van der Waals surface area contributed by atoms with Crippen molar-refractivity contribution in [1.29, 1.82) is 0 Å². The number of thiophene rings is 1. The normalized spacial score (nSPS) is 14.3. The number of nitrogens with two attached hydrogens (primary N) is 2. The summed E-state index contributed by atoms with van der Waals surface area (Å²) in [7, 11) is 0. The van der Waals surface area contributed by atoms with Gasteiger partial charge in [-0.2, -0.15) is 0 Å². The van der Waals surface area contributed by atoms with Gasteiger partial charge in [0.25, 0.3) is 11.8 Å². The summed E-state index contributed by atoms with van der Waals surface area (Å²) in [4.78, 5) is 23.6. The zero-order valence-electron chi connectivity index (χ0n) is 10.1. The van der Waals surface area contributed by atoms with E-state index in [9.17, 15) is 9.59 Å². The maximum atomic E-state index is 11.8. The van der Waals surface area contributed by atoms with Crippen LogP contribution in [0.2, 0.25) is 0 Å². The molecule has 0 saturated heterocycles. The van der Waals surface area contributed by atoms with Crippen LogP contribution in [-0.4, -0.2) is 24.4 Å². The number of primary amides is 1. The van der Waals surface area contributed by atoms with E-state index in [4.69, 9.17) is 11.5 Å². The molecule has 1 aromatic rings. The van der Waals surface area contributed by atoms with Crippen molar-refractivity contribution in [1.82, 2.24) is 5.32 Å². The van der Waals surface area contributed by atoms with Gasteiger partial charge in [0, 0.05) is 12.6 Å². The van der Waals surface area contributed by atoms with Gasteiger partial charge in [0.15, 0.2) is 0 Å². The van der Waals surface area contributed by atoms with E-state index in [1.54, 1.807) is 0 Å². The summed E-state index contributed by atoms with van der Waals surface area (Å²) in [6.07, 6.45) is 2.12. The van der Waals surface area contributed by atoms with Crippen LogP contribution >= 0.6 is 11.3 Å². The lowest BCUT2D eigenvalue weighted by Gasteiger charge is -2.02. The topological polar surface area (TPSA) is 110 Å². The molecule has 0 bridgehead atoms. The molecular weight excluding hydrogens is 252 g/mol. The third-order valence-corrected chi connectivity index (χ3v) is 3.78. The van der Waals surface area contributed by atoms with Crippen LogP contribution in [0.25, 0.3) is 0 Å². The van der Waals surface area contributed by atoms with Crippen LogP contribution in [0.4, 0.5) is 10.7 Å². The Morgan fingerprint density at radius 2 is 2.11 bits per heavy atom. The molecule has 1 aliphatic carbocycles. The van der Waals surface area contributed by atoms with E-state index >= 15 is 0 Å². The van der Waals surface area contributed by atoms with Gasteiger partial charge in [-0.1, -0.05) is 0 Å². The highest BCUT2D eigenvalue weighted by atomic mass is 32.1. The Bertz CT molecular complexity index is 493. The number of hydrogen-bond acceptors (Lipinski definition) is 5. The average Bonchev–Trinajstić information content (AvgIpc) is 3.02. The Labute approximate surface area is 109 Å². The molecule has 0 aliphatic heterocycles. The van der Waals surface area contributed by atoms with Gasteiger partial charge in [0.1, 0.15) is 9.88 Å². The Morgan fingerprint density at radius 1 is 1.44 bits per heavy atom. The maximum Gasteiger partial charge on any atom is 0.263 e. The number of hydrogen-bond donors (Lipinski definition) is 4. The van der Waals surface area contributed by atoms with E-state index < -0.39 is 5.91 Å². The second-order valence-electron chi connectivity index (χ2n) is 4.19. The van der Waals surface area contributed by atoms with E-state index in [0.717, 1.165) is 12.8 Å². The molecular formula is C11H16N4O2S. The van der Waals surface area contributed by atoms with E-state index in [2.05, 4.69) is 10.6 Å². The van der Waals surface area contributed by atoms with Gasteiger partial charge in [-0.05, 0) is 19.8 Å². The van der Waals surface area contributed by atoms with Crippen molar-refractivity contribution in [2.45, 2.75) is 25.8 Å². The highest BCUT2D eigenvalue weighted by molar-refractivity contribution is 7.19. The van der Waals surface area contributed by atoms with Gasteiger partial charge in [-0.15, -0.1) is 11.3 Å². The predicted octanol–water partition coefficient (Wildman–Crippen LogP) is 0.753. The van der Waals surface area contributed by atoms with Crippen LogP contribution in [0.15, 0.2) is 0 Å². The van der Waals surface area contributed by atoms with Crippen molar-refractivity contribution < 1.29 is 9.59 Å². The number of carbonyl (C=O) groups excluding carboxylic acids is 2. The summed E-state index contributed by atoms with van der Waals surface area (Å²) >= 11 is 1.18. The Balaban J connectivity index is 2.35. The van der Waals surface area contributed by atoms with Crippen LogP contribution in [0, 0.1) is 0 Å². The summed E-state index contributed by atoms with van der Waals surface area (Å²) in [6.45, 7) is 2.33. The number of nitrogens with one attached hydrogen (secondary N) is 2. The molecule has 98 valence electrons. The first-order valence-electron chi connectivity index (χ1n) is 5.81. The van der Waals surface area contributed by atoms with E-state index in [0.29, 0.717) is 22.5 Å². The molecule has 1 aliphatic rings. The smallest absolute Gasteiger partial charge is 0.263 e. The van der Waals surface area contributed by atoms with Crippen molar-refractivity contribution in [2.24, 2.45) is 5.73 Å². The molecule has 7 heteroatoms. The zero-order valence-corrected chi connectivity index (χ0v) is 10.9. The zero-order chi connectivity index (χ0) is 13.3. The molecule has 0 atom stereocenters. The van der Waals surface area contributed by atoms with Crippen LogP contribution < -0.4 is 22.1 Å². The van der Waals surface area contributed by atoms with Gasteiger partial charge in [-0.25, -0.2) is 0 Å². The van der Waals surface area contributed by atoms with Crippen LogP contribution in [0.5, 0.6) is 0 Å². The largest absolute Gasteiger partial charge is 0.397 e. The van der Waals surface area contributed by atoms with Crippen molar-refractivity contribution in [2.75, 3.05) is 17.6 Å². The summed E-state index contributed by atoms with van der Waals surface area (Å²) in [5.41, 5.74) is 11.6. The van der Waals surface area contributed by atoms with Crippen molar-refractivity contribution >= 4 is 33.8 Å². The number of anilines is 2. The third kappa shape index (κ3) is 2.40. The molecule has 1 heterocycles. The number of carbonyl (C=O) groups is 2. The first kappa shape index (κ1) is 12.7. The quantitative estimate of drug-likeness (QED) is 0.631. The molecule has 2 rings (SSSR count). The number of nitrogen functional groups attached to an aromatic ring is 1. The van der Waals surface area contributed by atoms with Crippen LogP contribution in [0.1, 0.15) is 39.8 Å². The van der Waals surface area contributed by atoms with E-state index in [-0.39, 0.29) is 17.2 Å². The molecule has 0 radical (unpaired) electrons. The first-order chi connectivity index (χ1) is 8.54. The summed E-state index contributed by atoms with van der Waals surface area (Å²) in [6, 6.07) is 0.364. The van der Waals surface area contributed by atoms with Crippen molar-refractivity contribution in [3.05, 3.63) is 10.4 Å². The van der Waals surface area contributed by atoms with Crippen molar-refractivity contribution in [3.63, 3.8) is 0 Å². The van der Waals surface area contributed by atoms with Gasteiger partial charge < -0.3 is 22.1 Å². The minimum absolute atomic E-state index is 0.168. The van der Waals surface area contributed by atoms with Gasteiger partial charge in [0.2, 0.25) is 0 Å². The van der Waals surface area contributed by atoms with E-state index in [1.807, 2.05) is 6.92 Å². The highest BCUT2D eigenvalue weighted by Crippen LogP contribution is 2.38. The first-order valence-corrected chi connectivity index (χ1v) is 6.63. The minimum Gasteiger partial charge on any atom is -0.397 e. The second-order valence-corrected chi connectivity index (χ2v) is 5.21. The lowest BCUT2D eigenvalue weighted by molar-refractivity contribution is 0.0960. The molecule has 0 aromatic carbocycles. The number of rotatable bonds is 5. The molecule has 18 heavy (non-hydrogen) atoms. The molecule has 6 nitrogen and oxygen atoms in total. The summed E-state index contributed by atoms with van der Waals surface area (Å²) in [5.74, 6) is -0.881. The molecule has 1 aromatic heterocycles. The fraction of sp³-hybridized carbons (Fsp3) is 0.455. The molecule has 1 fully saturated rings. The lowest BCUT2D eigenvalue weighted by Crippen LogP contribution is -2.23. The lowest BCUT2D eigenvalue weighted by atomic mass is 10.2. The average molecular weight is 268 g/mol. The molecule has 0 spiro atoms. The van der Waals surface area contributed by atoms with Gasteiger partial charge >= 0.3 is 0 Å². The monoisotopic (exact) mass is 268 g/mol. The Morgan fingerprint density at radius 3 is 2.61 bits per heavy atom. The van der Waals surface area contributed by atoms with Gasteiger partial charge in [0.05, 0.1) is 11.3 Å². The third-order valence-electron chi connectivity index (χ3n) is 2.65. The predicted molar refractivity (Wildman–Crippen MR) is 71.9 cm³/mol. The molecule has 1 saturated carbocycles. The van der Waals surface area contributed by atoms with Crippen LogP contribution in [-0.2, 0) is 0 Å². The van der Waals surface area contributed by atoms with Crippen molar-refractivity contribution in [3.8, 4) is 0 Å². The minimum atomic E-state index is -0.609. The van der Waals surface area contributed by atoms with E-state index in [1.165, 1.54) is 11.3 Å². The maximum absolute atomic E-state index is 11.8.